The summed E-state index contributed by atoms with van der Waals surface area (Å²) in [5.74, 6) is -0.889. The molecule has 1 heterocycles. The van der Waals surface area contributed by atoms with Crippen LogP contribution in [0, 0.1) is 0 Å². The number of alkyl halides is 3. The molecule has 0 saturated heterocycles. The van der Waals surface area contributed by atoms with Crippen LogP contribution in [0.15, 0.2) is 66.9 Å². The molecule has 0 fully saturated rings. The quantitative estimate of drug-likeness (QED) is 0.683. The Hall–Kier alpha value is -3.35. The first-order valence-corrected chi connectivity index (χ1v) is 7.59. The van der Waals surface area contributed by atoms with Gasteiger partial charge in [-0.25, -0.2) is 0 Å². The molecule has 1 N–H and O–H groups in total. The lowest BCUT2D eigenvalue weighted by Gasteiger charge is -2.10. The number of nitrogens with one attached hydrogen (secondary N) is 1. The van der Waals surface area contributed by atoms with E-state index in [0.717, 1.165) is 28.6 Å². The number of nitrogens with zero attached hydrogens (tertiary/aromatic N) is 1. The van der Waals surface area contributed by atoms with Gasteiger partial charge in [0.1, 0.15) is 5.75 Å². The number of aromatic nitrogens is 1. The highest BCUT2D eigenvalue weighted by atomic mass is 19.4. The van der Waals surface area contributed by atoms with Crippen molar-refractivity contribution in [3.63, 3.8) is 0 Å². The zero-order valence-corrected chi connectivity index (χ0v) is 13.3. The Morgan fingerprint density at radius 2 is 1.85 bits per heavy atom. The molecule has 1 amide bonds. The number of pyridine rings is 1. The molecule has 7 heteroatoms. The van der Waals surface area contributed by atoms with Crippen LogP contribution in [0.5, 0.6) is 5.75 Å². The van der Waals surface area contributed by atoms with Gasteiger partial charge in [-0.2, -0.15) is 0 Å². The second-order valence-corrected chi connectivity index (χ2v) is 5.32. The number of carbonyl (C=O) groups is 1. The summed E-state index contributed by atoms with van der Waals surface area (Å²) in [6, 6.07) is 14.4. The lowest BCUT2D eigenvalue weighted by molar-refractivity contribution is -0.274. The van der Waals surface area contributed by atoms with Crippen LogP contribution in [0.1, 0.15) is 5.56 Å². The molecule has 0 aliphatic heterocycles. The molecule has 0 bridgehead atoms. The van der Waals surface area contributed by atoms with Crippen molar-refractivity contribution < 1.29 is 22.7 Å². The van der Waals surface area contributed by atoms with Crippen molar-refractivity contribution in [2.45, 2.75) is 6.36 Å². The molecule has 1 aromatic heterocycles. The molecule has 3 aromatic rings. The third kappa shape index (κ3) is 4.60. The van der Waals surface area contributed by atoms with Crippen molar-refractivity contribution in [2.24, 2.45) is 0 Å². The fourth-order valence-corrected chi connectivity index (χ4v) is 2.38. The Bertz CT molecular complexity index is 963. The van der Waals surface area contributed by atoms with E-state index < -0.39 is 18.0 Å². The Kier molecular flexibility index (Phi) is 4.88. The van der Waals surface area contributed by atoms with Crippen molar-refractivity contribution in [3.05, 3.63) is 72.4 Å². The zero-order valence-electron chi connectivity index (χ0n) is 13.3. The largest absolute Gasteiger partial charge is 0.573 e. The summed E-state index contributed by atoms with van der Waals surface area (Å²) >= 11 is 0. The Labute approximate surface area is 146 Å². The van der Waals surface area contributed by atoms with E-state index in [1.807, 2.05) is 30.3 Å². The smallest absolute Gasteiger partial charge is 0.406 e. The molecule has 26 heavy (non-hydrogen) atoms. The number of hydrogen-bond donors (Lipinski definition) is 1. The summed E-state index contributed by atoms with van der Waals surface area (Å²) in [5.41, 5.74) is 1.70. The average molecular weight is 358 g/mol. The molecule has 0 aliphatic carbocycles. The zero-order chi connectivity index (χ0) is 18.6. The van der Waals surface area contributed by atoms with Gasteiger partial charge in [-0.1, -0.05) is 30.3 Å². The summed E-state index contributed by atoms with van der Waals surface area (Å²) in [5, 5.41) is 3.43. The van der Waals surface area contributed by atoms with Gasteiger partial charge < -0.3 is 10.1 Å². The number of fused-ring (bicyclic) bond motifs is 1. The third-order valence-electron chi connectivity index (χ3n) is 3.41. The number of amides is 1. The van der Waals surface area contributed by atoms with Crippen LogP contribution < -0.4 is 10.1 Å². The van der Waals surface area contributed by atoms with Crippen LogP contribution in [-0.4, -0.2) is 17.3 Å². The summed E-state index contributed by atoms with van der Waals surface area (Å²) in [6.07, 6.45) is -0.239. The van der Waals surface area contributed by atoms with Gasteiger partial charge in [0.2, 0.25) is 5.91 Å². The molecule has 0 radical (unpaired) electrons. The molecular formula is C19H13F3N2O2. The predicted octanol–water partition coefficient (Wildman–Crippen LogP) is 4.79. The van der Waals surface area contributed by atoms with E-state index in [1.165, 1.54) is 18.2 Å². The Morgan fingerprint density at radius 1 is 1.08 bits per heavy atom. The number of benzene rings is 2. The number of anilines is 1. The minimum Gasteiger partial charge on any atom is -0.406 e. The maximum Gasteiger partial charge on any atom is 0.573 e. The topological polar surface area (TPSA) is 51.2 Å². The van der Waals surface area contributed by atoms with Gasteiger partial charge in [0, 0.05) is 35.0 Å². The van der Waals surface area contributed by atoms with E-state index in [9.17, 15) is 18.0 Å². The van der Waals surface area contributed by atoms with Crippen molar-refractivity contribution in [1.82, 2.24) is 4.98 Å². The summed E-state index contributed by atoms with van der Waals surface area (Å²) in [4.78, 5) is 16.3. The molecular weight excluding hydrogens is 345 g/mol. The van der Waals surface area contributed by atoms with E-state index in [-0.39, 0.29) is 5.69 Å². The second-order valence-electron chi connectivity index (χ2n) is 5.32. The van der Waals surface area contributed by atoms with Crippen LogP contribution in [0.4, 0.5) is 18.9 Å². The monoisotopic (exact) mass is 358 g/mol. The van der Waals surface area contributed by atoms with E-state index in [0.29, 0.717) is 0 Å². The van der Waals surface area contributed by atoms with E-state index >= 15 is 0 Å². The molecule has 3 rings (SSSR count). The number of ether oxygens (including phenoxy) is 1. The third-order valence-corrected chi connectivity index (χ3v) is 3.41. The van der Waals surface area contributed by atoms with Gasteiger partial charge in [0.15, 0.2) is 0 Å². The number of rotatable bonds is 4. The van der Waals surface area contributed by atoms with Crippen molar-refractivity contribution in [1.29, 1.82) is 0 Å². The Balaban J connectivity index is 1.72. The van der Waals surface area contributed by atoms with Gasteiger partial charge in [0.25, 0.3) is 0 Å². The molecule has 0 spiro atoms. The van der Waals surface area contributed by atoms with E-state index in [4.69, 9.17) is 0 Å². The van der Waals surface area contributed by atoms with Crippen LogP contribution in [0.25, 0.3) is 17.0 Å². The minimum atomic E-state index is -4.79. The molecule has 0 saturated carbocycles. The van der Waals surface area contributed by atoms with E-state index in [1.54, 1.807) is 12.3 Å². The van der Waals surface area contributed by atoms with E-state index in [2.05, 4.69) is 15.0 Å². The molecule has 2 aromatic carbocycles. The van der Waals surface area contributed by atoms with Crippen molar-refractivity contribution >= 4 is 28.6 Å². The number of carbonyl (C=O) groups excluding carboxylic acids is 1. The van der Waals surface area contributed by atoms with Gasteiger partial charge in [0.05, 0.1) is 5.52 Å². The number of hydrogen-bond acceptors (Lipinski definition) is 3. The standard InChI is InChI=1S/C19H13F3N2O2/c20-19(21,22)26-16-8-2-7-15(12-16)24-17(25)10-9-14-5-1-4-13-6-3-11-23-18(13)14/h1-12H,(H,24,25)/b10-9+. The maximum atomic E-state index is 12.2. The first kappa shape index (κ1) is 17.5. The second kappa shape index (κ2) is 7.26. The van der Waals surface area contributed by atoms with Crippen LogP contribution >= 0.6 is 0 Å². The first-order valence-electron chi connectivity index (χ1n) is 7.59. The molecule has 0 unspecified atom stereocenters. The van der Waals surface area contributed by atoms with Gasteiger partial charge in [-0.15, -0.1) is 13.2 Å². The fraction of sp³-hybridized carbons (Fsp3) is 0.0526. The molecule has 0 aliphatic rings. The van der Waals surface area contributed by atoms with Crippen LogP contribution in [-0.2, 0) is 4.79 Å². The lowest BCUT2D eigenvalue weighted by Crippen LogP contribution is -2.17. The SMILES string of the molecule is O=C(/C=C/c1cccc2cccnc12)Nc1cccc(OC(F)(F)F)c1. The molecule has 0 atom stereocenters. The first-order chi connectivity index (χ1) is 12.4. The molecule has 132 valence electrons. The summed E-state index contributed by atoms with van der Waals surface area (Å²) in [7, 11) is 0. The maximum absolute atomic E-state index is 12.2. The van der Waals surface area contributed by atoms with Crippen LogP contribution in [0.3, 0.4) is 0 Å². The summed E-state index contributed by atoms with van der Waals surface area (Å²) in [6.45, 7) is 0. The average Bonchev–Trinajstić information content (AvgIpc) is 2.59. The van der Waals surface area contributed by atoms with Crippen molar-refractivity contribution in [2.75, 3.05) is 5.32 Å². The highest BCUT2D eigenvalue weighted by Crippen LogP contribution is 2.25. The van der Waals surface area contributed by atoms with Gasteiger partial charge in [-0.05, 0) is 24.3 Å². The highest BCUT2D eigenvalue weighted by molar-refractivity contribution is 6.03. The van der Waals surface area contributed by atoms with Gasteiger partial charge in [-0.3, -0.25) is 9.78 Å². The lowest BCUT2D eigenvalue weighted by atomic mass is 10.1. The predicted molar refractivity (Wildman–Crippen MR) is 92.5 cm³/mol. The van der Waals surface area contributed by atoms with Crippen molar-refractivity contribution in [3.8, 4) is 5.75 Å². The molecule has 4 nitrogen and oxygen atoms in total. The normalized spacial score (nSPS) is 11.7. The number of para-hydroxylation sites is 1. The summed E-state index contributed by atoms with van der Waals surface area (Å²) < 4.78 is 40.6. The number of halogens is 3. The minimum absolute atomic E-state index is 0.192. The van der Waals surface area contributed by atoms with Crippen LogP contribution in [0.2, 0.25) is 0 Å². The fourth-order valence-electron chi connectivity index (χ4n) is 2.38. The highest BCUT2D eigenvalue weighted by Gasteiger charge is 2.31. The van der Waals surface area contributed by atoms with Gasteiger partial charge >= 0.3 is 6.36 Å². The Morgan fingerprint density at radius 3 is 2.65 bits per heavy atom.